The number of rotatable bonds is 2. The van der Waals surface area contributed by atoms with Crippen LogP contribution in [0.4, 0.5) is 5.82 Å². The number of nitriles is 2. The second kappa shape index (κ2) is 5.87. The number of nitrogens with zero attached hydrogens (tertiary/aromatic N) is 4. The fourth-order valence-electron chi connectivity index (χ4n) is 2.98. The molecule has 1 aliphatic heterocycles. The highest BCUT2D eigenvalue weighted by molar-refractivity contribution is 5.44. The summed E-state index contributed by atoms with van der Waals surface area (Å²) in [5, 5.41) is 18.5. The molecule has 0 saturated carbocycles. The molecule has 0 unspecified atom stereocenters. The van der Waals surface area contributed by atoms with Crippen molar-refractivity contribution in [2.45, 2.75) is 18.3 Å². The number of piperidine rings is 1. The molecule has 108 valence electrons. The second-order valence-electron chi connectivity index (χ2n) is 5.56. The molecule has 4 heteroatoms. The van der Waals surface area contributed by atoms with Crippen LogP contribution in [0.15, 0.2) is 48.7 Å². The molecule has 0 aliphatic carbocycles. The van der Waals surface area contributed by atoms with E-state index in [1.807, 2.05) is 36.4 Å². The number of hydrogen-bond acceptors (Lipinski definition) is 4. The number of pyridine rings is 1. The van der Waals surface area contributed by atoms with Crippen LogP contribution < -0.4 is 4.90 Å². The van der Waals surface area contributed by atoms with Gasteiger partial charge in [-0.1, -0.05) is 30.3 Å². The monoisotopic (exact) mass is 288 g/mol. The Labute approximate surface area is 130 Å². The molecule has 2 aromatic rings. The molecule has 2 heterocycles. The predicted octanol–water partition coefficient (Wildman–Crippen LogP) is 3.02. The van der Waals surface area contributed by atoms with E-state index in [0.29, 0.717) is 5.56 Å². The zero-order valence-corrected chi connectivity index (χ0v) is 12.2. The topological polar surface area (TPSA) is 63.7 Å². The van der Waals surface area contributed by atoms with Gasteiger partial charge in [0, 0.05) is 19.3 Å². The molecule has 1 fully saturated rings. The van der Waals surface area contributed by atoms with Crippen molar-refractivity contribution in [3.05, 3.63) is 59.8 Å². The van der Waals surface area contributed by atoms with Gasteiger partial charge in [-0.15, -0.1) is 0 Å². The van der Waals surface area contributed by atoms with E-state index in [1.54, 1.807) is 12.3 Å². The first-order valence-corrected chi connectivity index (χ1v) is 7.35. The number of hydrogen-bond donors (Lipinski definition) is 0. The summed E-state index contributed by atoms with van der Waals surface area (Å²) in [6.07, 6.45) is 3.17. The van der Waals surface area contributed by atoms with Gasteiger partial charge in [0.25, 0.3) is 0 Å². The summed E-state index contributed by atoms with van der Waals surface area (Å²) in [4.78, 5) is 6.52. The maximum Gasteiger partial charge on any atom is 0.128 e. The second-order valence-corrected chi connectivity index (χ2v) is 5.56. The van der Waals surface area contributed by atoms with Gasteiger partial charge in [0.1, 0.15) is 11.9 Å². The average molecular weight is 288 g/mol. The van der Waals surface area contributed by atoms with Crippen molar-refractivity contribution in [1.82, 2.24) is 4.98 Å². The largest absolute Gasteiger partial charge is 0.356 e. The molecular formula is C18H16N4. The number of benzene rings is 1. The molecule has 1 aromatic carbocycles. The van der Waals surface area contributed by atoms with Gasteiger partial charge in [-0.3, -0.25) is 0 Å². The SMILES string of the molecule is N#Cc1ccc(N2CCC(C#N)(c3ccccc3)CC2)nc1. The summed E-state index contributed by atoms with van der Waals surface area (Å²) < 4.78 is 0. The summed E-state index contributed by atoms with van der Waals surface area (Å²) in [6, 6.07) is 18.3. The minimum absolute atomic E-state index is 0.398. The van der Waals surface area contributed by atoms with Gasteiger partial charge < -0.3 is 4.90 Å². The first kappa shape index (κ1) is 14.1. The minimum Gasteiger partial charge on any atom is -0.356 e. The third-order valence-electron chi connectivity index (χ3n) is 4.36. The highest BCUT2D eigenvalue weighted by atomic mass is 15.2. The van der Waals surface area contributed by atoms with Gasteiger partial charge in [0.2, 0.25) is 0 Å². The van der Waals surface area contributed by atoms with Crippen LogP contribution >= 0.6 is 0 Å². The maximum atomic E-state index is 9.70. The van der Waals surface area contributed by atoms with Gasteiger partial charge in [-0.25, -0.2) is 4.98 Å². The van der Waals surface area contributed by atoms with Crippen molar-refractivity contribution in [2.75, 3.05) is 18.0 Å². The van der Waals surface area contributed by atoms with Crippen molar-refractivity contribution in [3.8, 4) is 12.1 Å². The van der Waals surface area contributed by atoms with Crippen LogP contribution in [-0.2, 0) is 5.41 Å². The lowest BCUT2D eigenvalue weighted by atomic mass is 9.74. The van der Waals surface area contributed by atoms with Crippen molar-refractivity contribution in [3.63, 3.8) is 0 Å². The van der Waals surface area contributed by atoms with Gasteiger partial charge >= 0.3 is 0 Å². The van der Waals surface area contributed by atoms with Gasteiger partial charge in [0.05, 0.1) is 17.0 Å². The molecule has 0 spiro atoms. The fraction of sp³-hybridized carbons (Fsp3) is 0.278. The standard InChI is InChI=1S/C18H16N4/c19-12-15-6-7-17(21-13-15)22-10-8-18(14-20,9-11-22)16-4-2-1-3-5-16/h1-7,13H,8-11H2. The fourth-order valence-corrected chi connectivity index (χ4v) is 2.98. The van der Waals surface area contributed by atoms with E-state index in [4.69, 9.17) is 5.26 Å². The summed E-state index contributed by atoms with van der Waals surface area (Å²) in [5.41, 5.74) is 1.27. The van der Waals surface area contributed by atoms with Crippen LogP contribution in [0.25, 0.3) is 0 Å². The van der Waals surface area contributed by atoms with Crippen LogP contribution in [0.5, 0.6) is 0 Å². The van der Waals surface area contributed by atoms with Crippen LogP contribution in [0.2, 0.25) is 0 Å². The Morgan fingerprint density at radius 2 is 1.73 bits per heavy atom. The Morgan fingerprint density at radius 3 is 2.27 bits per heavy atom. The van der Waals surface area contributed by atoms with E-state index in [-0.39, 0.29) is 0 Å². The van der Waals surface area contributed by atoms with Crippen LogP contribution in [0.1, 0.15) is 24.0 Å². The van der Waals surface area contributed by atoms with E-state index in [2.05, 4.69) is 22.0 Å². The number of aromatic nitrogens is 1. The van der Waals surface area contributed by atoms with Crippen LogP contribution in [0, 0.1) is 22.7 Å². The molecule has 0 radical (unpaired) electrons. The molecule has 0 atom stereocenters. The number of anilines is 1. The highest BCUT2D eigenvalue weighted by Crippen LogP contribution is 2.35. The Hall–Kier alpha value is -2.85. The van der Waals surface area contributed by atoms with Gasteiger partial charge in [-0.2, -0.15) is 10.5 Å². The summed E-state index contributed by atoms with van der Waals surface area (Å²) >= 11 is 0. The average Bonchev–Trinajstić information content (AvgIpc) is 2.63. The Kier molecular flexibility index (Phi) is 3.76. The van der Waals surface area contributed by atoms with Crippen molar-refractivity contribution in [1.29, 1.82) is 10.5 Å². The van der Waals surface area contributed by atoms with E-state index < -0.39 is 5.41 Å². The van der Waals surface area contributed by atoms with Crippen molar-refractivity contribution < 1.29 is 0 Å². The normalized spacial score (nSPS) is 16.5. The first-order valence-electron chi connectivity index (χ1n) is 7.35. The smallest absolute Gasteiger partial charge is 0.128 e. The summed E-state index contributed by atoms with van der Waals surface area (Å²) in [5.74, 6) is 0.874. The van der Waals surface area contributed by atoms with E-state index in [0.717, 1.165) is 37.3 Å². The molecule has 4 nitrogen and oxygen atoms in total. The Balaban J connectivity index is 1.76. The van der Waals surface area contributed by atoms with Crippen LogP contribution in [0.3, 0.4) is 0 Å². The lowest BCUT2D eigenvalue weighted by Crippen LogP contribution is -2.42. The lowest BCUT2D eigenvalue weighted by molar-refractivity contribution is 0.414. The Bertz CT molecular complexity index is 714. The van der Waals surface area contributed by atoms with Gasteiger partial charge in [0.15, 0.2) is 0 Å². The first-order chi connectivity index (χ1) is 10.8. The lowest BCUT2D eigenvalue weighted by Gasteiger charge is -2.38. The minimum atomic E-state index is -0.398. The molecule has 0 amide bonds. The molecule has 22 heavy (non-hydrogen) atoms. The quantitative estimate of drug-likeness (QED) is 0.852. The van der Waals surface area contributed by atoms with E-state index in [9.17, 15) is 5.26 Å². The van der Waals surface area contributed by atoms with Gasteiger partial charge in [-0.05, 0) is 30.5 Å². The molecule has 0 N–H and O–H groups in total. The maximum absolute atomic E-state index is 9.70. The molecule has 1 aromatic heterocycles. The third kappa shape index (κ3) is 2.52. The van der Waals surface area contributed by atoms with Crippen molar-refractivity contribution >= 4 is 5.82 Å². The summed E-state index contributed by atoms with van der Waals surface area (Å²) in [6.45, 7) is 1.59. The van der Waals surface area contributed by atoms with Crippen LogP contribution in [-0.4, -0.2) is 18.1 Å². The molecule has 0 bridgehead atoms. The molecule has 1 saturated heterocycles. The predicted molar refractivity (Wildman–Crippen MR) is 84.1 cm³/mol. The van der Waals surface area contributed by atoms with E-state index >= 15 is 0 Å². The zero-order chi connectivity index (χ0) is 15.4. The molecule has 1 aliphatic rings. The molecular weight excluding hydrogens is 272 g/mol. The Morgan fingerprint density at radius 1 is 1.00 bits per heavy atom. The zero-order valence-electron chi connectivity index (χ0n) is 12.2. The third-order valence-corrected chi connectivity index (χ3v) is 4.36. The van der Waals surface area contributed by atoms with E-state index in [1.165, 1.54) is 0 Å². The summed E-state index contributed by atoms with van der Waals surface area (Å²) in [7, 11) is 0. The molecule has 3 rings (SSSR count). The van der Waals surface area contributed by atoms with Crippen molar-refractivity contribution in [2.24, 2.45) is 0 Å². The highest BCUT2D eigenvalue weighted by Gasteiger charge is 2.36.